The number of carbonyl (C=O) groups is 2. The SMILES string of the molecule is NC(=O)c1ccc(NC(=O)c2cccn(Cc3ccccc3F)c2=O)cc1. The molecule has 7 heteroatoms. The Morgan fingerprint density at radius 3 is 2.37 bits per heavy atom. The molecule has 3 aromatic rings. The average molecular weight is 365 g/mol. The van der Waals surface area contributed by atoms with Gasteiger partial charge in [0.05, 0.1) is 6.54 Å². The summed E-state index contributed by atoms with van der Waals surface area (Å²) in [4.78, 5) is 36.1. The summed E-state index contributed by atoms with van der Waals surface area (Å²) in [5.41, 5.74) is 5.62. The Bertz CT molecular complexity index is 1060. The fourth-order valence-corrected chi connectivity index (χ4v) is 2.56. The van der Waals surface area contributed by atoms with E-state index in [9.17, 15) is 18.8 Å². The van der Waals surface area contributed by atoms with E-state index in [0.717, 1.165) is 0 Å². The molecule has 0 aliphatic carbocycles. The van der Waals surface area contributed by atoms with Crippen molar-refractivity contribution in [3.8, 4) is 0 Å². The highest BCUT2D eigenvalue weighted by Crippen LogP contribution is 2.11. The number of hydrogen-bond donors (Lipinski definition) is 2. The van der Waals surface area contributed by atoms with Crippen LogP contribution in [-0.2, 0) is 6.54 Å². The molecule has 0 spiro atoms. The van der Waals surface area contributed by atoms with Gasteiger partial charge in [-0.3, -0.25) is 14.4 Å². The Balaban J connectivity index is 1.82. The number of nitrogens with two attached hydrogens (primary N) is 1. The first kappa shape index (κ1) is 18.1. The zero-order valence-electron chi connectivity index (χ0n) is 14.2. The summed E-state index contributed by atoms with van der Waals surface area (Å²) < 4.78 is 15.1. The van der Waals surface area contributed by atoms with E-state index in [-0.39, 0.29) is 12.1 Å². The predicted molar refractivity (Wildman–Crippen MR) is 99.1 cm³/mol. The molecule has 1 aromatic heterocycles. The van der Waals surface area contributed by atoms with Gasteiger partial charge < -0.3 is 15.6 Å². The van der Waals surface area contributed by atoms with Crippen molar-refractivity contribution >= 4 is 17.5 Å². The maximum Gasteiger partial charge on any atom is 0.263 e. The molecule has 2 aromatic carbocycles. The fraction of sp³-hybridized carbons (Fsp3) is 0.0500. The molecular formula is C20H16FN3O3. The first-order valence-corrected chi connectivity index (χ1v) is 8.10. The van der Waals surface area contributed by atoms with E-state index < -0.39 is 23.2 Å². The molecule has 0 fully saturated rings. The zero-order chi connectivity index (χ0) is 19.4. The first-order valence-electron chi connectivity index (χ1n) is 8.10. The van der Waals surface area contributed by atoms with Crippen molar-refractivity contribution in [2.75, 3.05) is 5.32 Å². The molecule has 1 heterocycles. The van der Waals surface area contributed by atoms with Crippen molar-refractivity contribution < 1.29 is 14.0 Å². The van der Waals surface area contributed by atoms with Crippen LogP contribution in [0, 0.1) is 5.82 Å². The molecule has 2 amide bonds. The summed E-state index contributed by atoms with van der Waals surface area (Å²) >= 11 is 0. The van der Waals surface area contributed by atoms with Gasteiger partial charge in [0.1, 0.15) is 11.4 Å². The van der Waals surface area contributed by atoms with E-state index in [1.807, 2.05) is 0 Å². The second-order valence-electron chi connectivity index (χ2n) is 5.84. The van der Waals surface area contributed by atoms with Gasteiger partial charge in [0, 0.05) is 23.0 Å². The fourth-order valence-electron chi connectivity index (χ4n) is 2.56. The number of anilines is 1. The average Bonchev–Trinajstić information content (AvgIpc) is 2.65. The molecule has 0 saturated carbocycles. The van der Waals surface area contributed by atoms with Crippen LogP contribution < -0.4 is 16.6 Å². The van der Waals surface area contributed by atoms with Crippen molar-refractivity contribution in [1.82, 2.24) is 4.57 Å². The minimum Gasteiger partial charge on any atom is -0.366 e. The molecule has 0 aliphatic heterocycles. The minimum absolute atomic E-state index is 0.0138. The van der Waals surface area contributed by atoms with E-state index in [1.165, 1.54) is 47.2 Å². The topological polar surface area (TPSA) is 94.2 Å². The summed E-state index contributed by atoms with van der Waals surface area (Å²) in [6.45, 7) is 0.0138. The summed E-state index contributed by atoms with van der Waals surface area (Å²) in [6, 6.07) is 15.0. The van der Waals surface area contributed by atoms with Gasteiger partial charge in [-0.15, -0.1) is 0 Å². The lowest BCUT2D eigenvalue weighted by Crippen LogP contribution is -2.29. The number of primary amides is 1. The molecule has 27 heavy (non-hydrogen) atoms. The normalized spacial score (nSPS) is 10.4. The largest absolute Gasteiger partial charge is 0.366 e. The van der Waals surface area contributed by atoms with Crippen LogP contribution in [0.5, 0.6) is 0 Å². The maximum absolute atomic E-state index is 13.8. The number of halogens is 1. The van der Waals surface area contributed by atoms with Gasteiger partial charge in [-0.25, -0.2) is 4.39 Å². The smallest absolute Gasteiger partial charge is 0.263 e. The number of rotatable bonds is 5. The van der Waals surface area contributed by atoms with Gasteiger partial charge in [0.25, 0.3) is 11.5 Å². The van der Waals surface area contributed by atoms with Crippen LogP contribution in [0.25, 0.3) is 0 Å². The third kappa shape index (κ3) is 4.09. The summed E-state index contributed by atoms with van der Waals surface area (Å²) in [5.74, 6) is -1.60. The van der Waals surface area contributed by atoms with E-state index in [4.69, 9.17) is 5.73 Å². The van der Waals surface area contributed by atoms with Gasteiger partial charge in [0.15, 0.2) is 0 Å². The summed E-state index contributed by atoms with van der Waals surface area (Å²) in [5, 5.41) is 2.59. The third-order valence-corrected chi connectivity index (χ3v) is 3.99. The van der Waals surface area contributed by atoms with Crippen LogP contribution in [0.3, 0.4) is 0 Å². The maximum atomic E-state index is 13.8. The molecular weight excluding hydrogens is 349 g/mol. The van der Waals surface area contributed by atoms with Crippen LogP contribution in [0.1, 0.15) is 26.3 Å². The highest BCUT2D eigenvalue weighted by molar-refractivity contribution is 6.04. The van der Waals surface area contributed by atoms with Crippen LogP contribution in [0.15, 0.2) is 71.7 Å². The van der Waals surface area contributed by atoms with E-state index in [2.05, 4.69) is 5.32 Å². The Kier molecular flexibility index (Phi) is 5.12. The number of amides is 2. The number of nitrogens with one attached hydrogen (secondary N) is 1. The van der Waals surface area contributed by atoms with Gasteiger partial charge in [-0.2, -0.15) is 0 Å². The molecule has 0 bridgehead atoms. The van der Waals surface area contributed by atoms with Crippen LogP contribution in [-0.4, -0.2) is 16.4 Å². The lowest BCUT2D eigenvalue weighted by Gasteiger charge is -2.10. The molecule has 0 aliphatic rings. The zero-order valence-corrected chi connectivity index (χ0v) is 14.2. The number of aromatic nitrogens is 1. The Labute approximate surface area is 154 Å². The van der Waals surface area contributed by atoms with Crippen molar-refractivity contribution in [3.05, 3.63) is 99.7 Å². The van der Waals surface area contributed by atoms with Crippen molar-refractivity contribution in [2.24, 2.45) is 5.73 Å². The molecule has 0 atom stereocenters. The number of benzene rings is 2. The predicted octanol–water partition coefficient (Wildman–Crippen LogP) is 2.39. The van der Waals surface area contributed by atoms with Crippen LogP contribution in [0.2, 0.25) is 0 Å². The molecule has 6 nitrogen and oxygen atoms in total. The highest BCUT2D eigenvalue weighted by Gasteiger charge is 2.13. The number of nitrogens with zero attached hydrogens (tertiary/aromatic N) is 1. The van der Waals surface area contributed by atoms with Gasteiger partial charge >= 0.3 is 0 Å². The molecule has 0 saturated heterocycles. The lowest BCUT2D eigenvalue weighted by atomic mass is 10.2. The number of hydrogen-bond acceptors (Lipinski definition) is 3. The van der Waals surface area contributed by atoms with Crippen LogP contribution in [0.4, 0.5) is 10.1 Å². The van der Waals surface area contributed by atoms with Crippen molar-refractivity contribution in [3.63, 3.8) is 0 Å². The second kappa shape index (κ2) is 7.65. The standard InChI is InChI=1S/C20H16FN3O3/c21-17-6-2-1-4-14(17)12-24-11-3-5-16(20(24)27)19(26)23-15-9-7-13(8-10-15)18(22)25/h1-11H,12H2,(H2,22,25)(H,23,26). The van der Waals surface area contributed by atoms with E-state index >= 15 is 0 Å². The Morgan fingerprint density at radius 2 is 1.70 bits per heavy atom. The van der Waals surface area contributed by atoms with E-state index in [0.29, 0.717) is 16.8 Å². The Morgan fingerprint density at radius 1 is 1.00 bits per heavy atom. The molecule has 0 unspecified atom stereocenters. The number of pyridine rings is 1. The molecule has 3 rings (SSSR count). The van der Waals surface area contributed by atoms with Gasteiger partial charge in [-0.1, -0.05) is 18.2 Å². The van der Waals surface area contributed by atoms with Crippen molar-refractivity contribution in [2.45, 2.75) is 6.54 Å². The number of carbonyl (C=O) groups excluding carboxylic acids is 2. The van der Waals surface area contributed by atoms with Crippen molar-refractivity contribution in [1.29, 1.82) is 0 Å². The van der Waals surface area contributed by atoms with Gasteiger partial charge in [0.2, 0.25) is 5.91 Å². The lowest BCUT2D eigenvalue weighted by molar-refractivity contribution is 0.0998. The molecule has 136 valence electrons. The van der Waals surface area contributed by atoms with Crippen LogP contribution >= 0.6 is 0 Å². The first-order chi connectivity index (χ1) is 13.0. The third-order valence-electron chi connectivity index (χ3n) is 3.99. The molecule has 0 radical (unpaired) electrons. The second-order valence-corrected chi connectivity index (χ2v) is 5.84. The van der Waals surface area contributed by atoms with E-state index in [1.54, 1.807) is 24.3 Å². The monoisotopic (exact) mass is 365 g/mol. The van der Waals surface area contributed by atoms with Gasteiger partial charge in [-0.05, 0) is 42.5 Å². The molecule has 3 N–H and O–H groups in total. The summed E-state index contributed by atoms with van der Waals surface area (Å²) in [6.07, 6.45) is 1.49. The Hall–Kier alpha value is -3.74. The quantitative estimate of drug-likeness (QED) is 0.727. The highest BCUT2D eigenvalue weighted by atomic mass is 19.1. The summed E-state index contributed by atoms with van der Waals surface area (Å²) in [7, 11) is 0. The minimum atomic E-state index is -0.602.